The number of amides is 1. The van der Waals surface area contributed by atoms with Crippen LogP contribution in [-0.4, -0.2) is 28.0 Å². The number of hydrogen-bond donors (Lipinski definition) is 3. The van der Waals surface area contributed by atoms with Crippen LogP contribution in [0.1, 0.15) is 29.6 Å². The highest BCUT2D eigenvalue weighted by atomic mass is 79.9. The van der Waals surface area contributed by atoms with Crippen molar-refractivity contribution in [3.05, 3.63) is 23.8 Å². The van der Waals surface area contributed by atoms with Gasteiger partial charge in [-0.1, -0.05) is 15.9 Å². The number of rotatable bonds is 5. The van der Waals surface area contributed by atoms with Gasteiger partial charge in [-0.25, -0.2) is 0 Å². The van der Waals surface area contributed by atoms with Crippen molar-refractivity contribution in [1.29, 1.82) is 0 Å². The lowest BCUT2D eigenvalue weighted by Gasteiger charge is -2.14. The first-order chi connectivity index (χ1) is 8.56. The molecule has 3 N–H and O–H groups in total. The molecule has 0 atom stereocenters. The van der Waals surface area contributed by atoms with Gasteiger partial charge in [0.1, 0.15) is 11.5 Å². The van der Waals surface area contributed by atoms with Gasteiger partial charge >= 0.3 is 0 Å². The van der Waals surface area contributed by atoms with Crippen LogP contribution in [0.4, 0.5) is 0 Å². The third-order valence-corrected chi connectivity index (χ3v) is 3.83. The topological polar surface area (TPSA) is 69.6 Å². The van der Waals surface area contributed by atoms with Crippen LogP contribution in [0.3, 0.4) is 0 Å². The summed E-state index contributed by atoms with van der Waals surface area (Å²) < 4.78 is 0. The molecule has 2 rings (SSSR count). The van der Waals surface area contributed by atoms with Gasteiger partial charge in [-0.3, -0.25) is 4.79 Å². The van der Waals surface area contributed by atoms with Gasteiger partial charge < -0.3 is 15.5 Å². The quantitative estimate of drug-likeness (QED) is 0.731. The van der Waals surface area contributed by atoms with Crippen molar-refractivity contribution >= 4 is 21.8 Å². The minimum Gasteiger partial charge on any atom is -0.508 e. The Balaban J connectivity index is 1.96. The first-order valence-electron chi connectivity index (χ1n) is 5.92. The van der Waals surface area contributed by atoms with Crippen LogP contribution >= 0.6 is 15.9 Å². The fraction of sp³-hybridized carbons (Fsp3) is 0.462. The Morgan fingerprint density at radius 3 is 2.67 bits per heavy atom. The van der Waals surface area contributed by atoms with Gasteiger partial charge in [-0.05, 0) is 36.8 Å². The number of aromatic hydroxyl groups is 2. The van der Waals surface area contributed by atoms with Gasteiger partial charge in [-0.15, -0.1) is 0 Å². The molecule has 0 unspecified atom stereocenters. The molecular formula is C13H16BrNO3. The maximum Gasteiger partial charge on any atom is 0.255 e. The van der Waals surface area contributed by atoms with Gasteiger partial charge in [0.05, 0.1) is 5.56 Å². The fourth-order valence-corrected chi connectivity index (χ4v) is 2.81. The normalized spacial score (nSPS) is 16.3. The molecule has 1 fully saturated rings. The van der Waals surface area contributed by atoms with Crippen LogP contribution in [0.15, 0.2) is 18.2 Å². The van der Waals surface area contributed by atoms with Crippen LogP contribution in [0, 0.1) is 5.41 Å². The SMILES string of the molecule is O=C(NCC1(CCBr)CC1)c1ccc(O)cc1O. The van der Waals surface area contributed by atoms with Crippen molar-refractivity contribution in [3.8, 4) is 11.5 Å². The molecule has 5 heteroatoms. The van der Waals surface area contributed by atoms with E-state index in [9.17, 15) is 9.90 Å². The van der Waals surface area contributed by atoms with Crippen molar-refractivity contribution in [2.75, 3.05) is 11.9 Å². The molecule has 1 aromatic carbocycles. The average Bonchev–Trinajstić information content (AvgIpc) is 3.07. The number of carbonyl (C=O) groups is 1. The van der Waals surface area contributed by atoms with Gasteiger partial charge in [0, 0.05) is 17.9 Å². The zero-order valence-electron chi connectivity index (χ0n) is 9.95. The Morgan fingerprint density at radius 2 is 2.11 bits per heavy atom. The fourth-order valence-electron chi connectivity index (χ4n) is 1.97. The van der Waals surface area contributed by atoms with E-state index in [0.717, 1.165) is 24.6 Å². The lowest BCUT2D eigenvalue weighted by atomic mass is 10.0. The second kappa shape index (κ2) is 5.18. The molecule has 0 saturated heterocycles. The molecule has 0 aromatic heterocycles. The molecule has 4 nitrogen and oxygen atoms in total. The zero-order chi connectivity index (χ0) is 13.2. The number of carbonyl (C=O) groups excluding carboxylic acids is 1. The summed E-state index contributed by atoms with van der Waals surface area (Å²) in [7, 11) is 0. The minimum absolute atomic E-state index is 0.0537. The molecular weight excluding hydrogens is 298 g/mol. The highest BCUT2D eigenvalue weighted by Gasteiger charge is 2.41. The zero-order valence-corrected chi connectivity index (χ0v) is 11.5. The van der Waals surface area contributed by atoms with E-state index < -0.39 is 0 Å². The minimum atomic E-state index is -0.298. The highest BCUT2D eigenvalue weighted by Crippen LogP contribution is 2.48. The third-order valence-electron chi connectivity index (χ3n) is 3.43. The van der Waals surface area contributed by atoms with E-state index in [1.165, 1.54) is 18.2 Å². The van der Waals surface area contributed by atoms with E-state index >= 15 is 0 Å². The molecule has 0 spiro atoms. The third kappa shape index (κ3) is 2.96. The Hall–Kier alpha value is -1.23. The summed E-state index contributed by atoms with van der Waals surface area (Å²) in [5.41, 5.74) is 0.438. The lowest BCUT2D eigenvalue weighted by Crippen LogP contribution is -2.30. The molecule has 0 heterocycles. The van der Waals surface area contributed by atoms with Gasteiger partial charge in [0.15, 0.2) is 0 Å². The average molecular weight is 314 g/mol. The Morgan fingerprint density at radius 1 is 1.39 bits per heavy atom. The summed E-state index contributed by atoms with van der Waals surface area (Å²) in [5, 5.41) is 22.5. The highest BCUT2D eigenvalue weighted by molar-refractivity contribution is 9.09. The van der Waals surface area contributed by atoms with Crippen LogP contribution in [0.5, 0.6) is 11.5 Å². The van der Waals surface area contributed by atoms with Crippen molar-refractivity contribution < 1.29 is 15.0 Å². The maximum absolute atomic E-state index is 11.9. The van der Waals surface area contributed by atoms with Crippen molar-refractivity contribution in [3.63, 3.8) is 0 Å². The van der Waals surface area contributed by atoms with Crippen LogP contribution in [0.25, 0.3) is 0 Å². The summed E-state index contributed by atoms with van der Waals surface area (Å²) in [6, 6.07) is 3.98. The van der Waals surface area contributed by atoms with Gasteiger partial charge in [-0.2, -0.15) is 0 Å². The number of benzene rings is 1. The lowest BCUT2D eigenvalue weighted by molar-refractivity contribution is 0.0942. The summed E-state index contributed by atoms with van der Waals surface area (Å²) >= 11 is 3.42. The molecule has 18 heavy (non-hydrogen) atoms. The monoisotopic (exact) mass is 313 g/mol. The smallest absolute Gasteiger partial charge is 0.255 e. The van der Waals surface area contributed by atoms with E-state index in [0.29, 0.717) is 6.54 Å². The molecule has 1 aromatic rings. The number of hydrogen-bond acceptors (Lipinski definition) is 3. The summed E-state index contributed by atoms with van der Waals surface area (Å²) in [6.45, 7) is 0.637. The summed E-state index contributed by atoms with van der Waals surface area (Å²) in [5.74, 6) is -0.548. The predicted molar refractivity (Wildman–Crippen MR) is 72.2 cm³/mol. The van der Waals surface area contributed by atoms with Crippen molar-refractivity contribution in [2.45, 2.75) is 19.3 Å². The predicted octanol–water partition coefficient (Wildman–Crippen LogP) is 2.39. The Kier molecular flexibility index (Phi) is 3.80. The molecule has 98 valence electrons. The molecule has 1 amide bonds. The molecule has 0 aliphatic heterocycles. The van der Waals surface area contributed by atoms with E-state index in [4.69, 9.17) is 5.11 Å². The number of alkyl halides is 1. The number of phenolic OH excluding ortho intramolecular Hbond substituents is 2. The number of nitrogens with one attached hydrogen (secondary N) is 1. The largest absolute Gasteiger partial charge is 0.508 e. The van der Waals surface area contributed by atoms with E-state index in [-0.39, 0.29) is 28.4 Å². The van der Waals surface area contributed by atoms with E-state index in [2.05, 4.69) is 21.2 Å². The van der Waals surface area contributed by atoms with Crippen LogP contribution in [-0.2, 0) is 0 Å². The van der Waals surface area contributed by atoms with E-state index in [1.807, 2.05) is 0 Å². The maximum atomic E-state index is 11.9. The molecule has 1 saturated carbocycles. The second-order valence-electron chi connectivity index (χ2n) is 4.82. The standard InChI is InChI=1S/C13H16BrNO3/c14-6-5-13(3-4-13)8-15-12(18)10-2-1-9(16)7-11(10)17/h1-2,7,16-17H,3-6,8H2,(H,15,18). The van der Waals surface area contributed by atoms with Gasteiger partial charge in [0.25, 0.3) is 5.91 Å². The van der Waals surface area contributed by atoms with Crippen LogP contribution in [0.2, 0.25) is 0 Å². The number of halogens is 1. The Labute approximate surface area is 114 Å². The number of phenols is 2. The van der Waals surface area contributed by atoms with Crippen LogP contribution < -0.4 is 5.32 Å². The summed E-state index contributed by atoms with van der Waals surface area (Å²) in [4.78, 5) is 11.9. The van der Waals surface area contributed by atoms with Crippen molar-refractivity contribution in [2.24, 2.45) is 5.41 Å². The molecule has 0 radical (unpaired) electrons. The second-order valence-corrected chi connectivity index (χ2v) is 5.62. The molecule has 1 aliphatic carbocycles. The molecule has 1 aliphatic rings. The summed E-state index contributed by atoms with van der Waals surface area (Å²) in [6.07, 6.45) is 3.33. The Bertz CT molecular complexity index is 458. The first-order valence-corrected chi connectivity index (χ1v) is 7.05. The van der Waals surface area contributed by atoms with E-state index in [1.54, 1.807) is 0 Å². The van der Waals surface area contributed by atoms with Crippen molar-refractivity contribution in [1.82, 2.24) is 5.32 Å². The van der Waals surface area contributed by atoms with Gasteiger partial charge in [0.2, 0.25) is 0 Å². The first kappa shape index (κ1) is 13.2. The molecule has 0 bridgehead atoms.